The Morgan fingerprint density at radius 3 is 2.75 bits per heavy atom. The van der Waals surface area contributed by atoms with Crippen LogP contribution in [-0.2, 0) is 9.53 Å². The number of ether oxygens (including phenoxy) is 1. The van der Waals surface area contributed by atoms with E-state index in [4.69, 9.17) is 16.9 Å². The fraction of sp³-hybridized carbons (Fsp3) is 0.200. The lowest BCUT2D eigenvalue weighted by atomic mass is 10.1. The Kier molecular flexibility index (Phi) is 3.71. The molecule has 16 heavy (non-hydrogen) atoms. The van der Waals surface area contributed by atoms with Crippen molar-refractivity contribution in [1.29, 1.82) is 5.41 Å². The van der Waals surface area contributed by atoms with Gasteiger partial charge in [0.2, 0.25) is 0 Å². The number of guanidine groups is 1. The van der Waals surface area contributed by atoms with Gasteiger partial charge in [0.25, 0.3) is 0 Å². The molecule has 1 unspecified atom stereocenters. The predicted molar refractivity (Wildman–Crippen MR) is 60.7 cm³/mol. The second-order valence-corrected chi connectivity index (χ2v) is 3.18. The van der Waals surface area contributed by atoms with Gasteiger partial charge in [-0.2, -0.15) is 0 Å². The van der Waals surface area contributed by atoms with Crippen LogP contribution in [0.2, 0.25) is 0 Å². The number of hydrogen-bond acceptors (Lipinski definition) is 4. The third-order valence-electron chi connectivity index (χ3n) is 1.98. The number of nitrogens with one attached hydrogen (secondary N) is 2. The standard InChI is InChI=1S/C10H14N4O2/c1-16-9(15)8(14-10(12)13)6-3-2-4-7(11)5-6/h2-5,8H,11H2,1H3,(H4,12,13,14). The quantitative estimate of drug-likeness (QED) is 0.248. The molecule has 0 amide bonds. The van der Waals surface area contributed by atoms with E-state index in [-0.39, 0.29) is 5.96 Å². The van der Waals surface area contributed by atoms with Gasteiger partial charge < -0.3 is 21.5 Å². The number of anilines is 1. The fourth-order valence-electron chi connectivity index (χ4n) is 1.29. The Balaban J connectivity index is 3.00. The van der Waals surface area contributed by atoms with Gasteiger partial charge in [-0.15, -0.1) is 0 Å². The lowest BCUT2D eigenvalue weighted by molar-refractivity contribution is -0.142. The van der Waals surface area contributed by atoms with E-state index in [0.717, 1.165) is 0 Å². The van der Waals surface area contributed by atoms with Gasteiger partial charge in [-0.05, 0) is 17.7 Å². The van der Waals surface area contributed by atoms with Crippen LogP contribution in [0.5, 0.6) is 0 Å². The van der Waals surface area contributed by atoms with Crippen LogP contribution in [-0.4, -0.2) is 19.0 Å². The van der Waals surface area contributed by atoms with Crippen molar-refractivity contribution in [2.75, 3.05) is 12.8 Å². The average molecular weight is 222 g/mol. The zero-order chi connectivity index (χ0) is 12.1. The number of carbonyl (C=O) groups excluding carboxylic acids is 1. The largest absolute Gasteiger partial charge is 0.467 e. The van der Waals surface area contributed by atoms with Gasteiger partial charge in [-0.1, -0.05) is 12.1 Å². The van der Waals surface area contributed by atoms with Crippen LogP contribution >= 0.6 is 0 Å². The topological polar surface area (TPSA) is 114 Å². The Bertz CT molecular complexity index is 406. The third-order valence-corrected chi connectivity index (χ3v) is 1.98. The zero-order valence-corrected chi connectivity index (χ0v) is 8.86. The molecule has 86 valence electrons. The lowest BCUT2D eigenvalue weighted by Gasteiger charge is -2.16. The van der Waals surface area contributed by atoms with Gasteiger partial charge >= 0.3 is 5.97 Å². The van der Waals surface area contributed by atoms with E-state index >= 15 is 0 Å². The SMILES string of the molecule is COC(=O)C(NC(=N)N)c1cccc(N)c1. The molecule has 0 saturated carbocycles. The molecule has 0 saturated heterocycles. The van der Waals surface area contributed by atoms with E-state index < -0.39 is 12.0 Å². The highest BCUT2D eigenvalue weighted by molar-refractivity contribution is 5.85. The number of methoxy groups -OCH3 is 1. The van der Waals surface area contributed by atoms with Crippen LogP contribution in [0.1, 0.15) is 11.6 Å². The molecule has 6 heteroatoms. The molecule has 0 bridgehead atoms. The van der Waals surface area contributed by atoms with Gasteiger partial charge in [-0.25, -0.2) is 4.79 Å². The number of nitrogen functional groups attached to an aromatic ring is 1. The van der Waals surface area contributed by atoms with E-state index in [1.54, 1.807) is 24.3 Å². The molecule has 0 aliphatic carbocycles. The van der Waals surface area contributed by atoms with Crippen molar-refractivity contribution >= 4 is 17.6 Å². The average Bonchev–Trinajstić information content (AvgIpc) is 2.24. The van der Waals surface area contributed by atoms with Gasteiger partial charge in [0.15, 0.2) is 12.0 Å². The third kappa shape index (κ3) is 2.88. The fourth-order valence-corrected chi connectivity index (χ4v) is 1.29. The Hall–Kier alpha value is -2.24. The molecule has 0 aliphatic rings. The van der Waals surface area contributed by atoms with Gasteiger partial charge in [0.1, 0.15) is 0 Å². The molecule has 0 radical (unpaired) electrons. The minimum absolute atomic E-state index is 0.308. The maximum atomic E-state index is 11.5. The highest BCUT2D eigenvalue weighted by Crippen LogP contribution is 2.16. The van der Waals surface area contributed by atoms with E-state index in [2.05, 4.69) is 10.1 Å². The summed E-state index contributed by atoms with van der Waals surface area (Å²) in [5.74, 6) is -0.835. The Morgan fingerprint density at radius 1 is 1.56 bits per heavy atom. The van der Waals surface area contributed by atoms with Crippen LogP contribution in [0.4, 0.5) is 5.69 Å². The lowest BCUT2D eigenvalue weighted by Crippen LogP contribution is -2.38. The van der Waals surface area contributed by atoms with Gasteiger partial charge in [-0.3, -0.25) is 5.41 Å². The van der Waals surface area contributed by atoms with Crippen molar-refractivity contribution in [2.24, 2.45) is 5.73 Å². The molecule has 0 fully saturated rings. The Morgan fingerprint density at radius 2 is 2.25 bits per heavy atom. The minimum atomic E-state index is -0.814. The molecule has 1 aromatic carbocycles. The molecule has 6 N–H and O–H groups in total. The summed E-state index contributed by atoms with van der Waals surface area (Å²) in [5.41, 5.74) is 11.9. The van der Waals surface area contributed by atoms with Crippen molar-refractivity contribution in [2.45, 2.75) is 6.04 Å². The first kappa shape index (κ1) is 11.8. The number of rotatable bonds is 3. The predicted octanol–water partition coefficient (Wildman–Crippen LogP) is -0.0340. The summed E-state index contributed by atoms with van der Waals surface area (Å²) < 4.78 is 4.61. The first-order valence-electron chi connectivity index (χ1n) is 4.58. The zero-order valence-electron chi connectivity index (χ0n) is 8.86. The number of hydrogen-bond donors (Lipinski definition) is 4. The second-order valence-electron chi connectivity index (χ2n) is 3.18. The van der Waals surface area contributed by atoms with Crippen molar-refractivity contribution < 1.29 is 9.53 Å². The van der Waals surface area contributed by atoms with E-state index in [0.29, 0.717) is 11.3 Å². The van der Waals surface area contributed by atoms with Crippen LogP contribution < -0.4 is 16.8 Å². The number of nitrogens with two attached hydrogens (primary N) is 2. The van der Waals surface area contributed by atoms with Crippen LogP contribution in [0, 0.1) is 5.41 Å². The smallest absolute Gasteiger partial charge is 0.333 e. The van der Waals surface area contributed by atoms with Crippen molar-refractivity contribution in [3.05, 3.63) is 29.8 Å². The maximum absolute atomic E-state index is 11.5. The van der Waals surface area contributed by atoms with Crippen molar-refractivity contribution in [3.63, 3.8) is 0 Å². The molecule has 1 rings (SSSR count). The molecular formula is C10H14N4O2. The van der Waals surface area contributed by atoms with Crippen molar-refractivity contribution in [1.82, 2.24) is 5.32 Å². The summed E-state index contributed by atoms with van der Waals surface area (Å²) in [6.07, 6.45) is 0. The summed E-state index contributed by atoms with van der Waals surface area (Å²) in [5, 5.41) is 9.63. The first-order chi connectivity index (χ1) is 7.54. The van der Waals surface area contributed by atoms with E-state index in [1.807, 2.05) is 0 Å². The number of esters is 1. The van der Waals surface area contributed by atoms with E-state index in [1.165, 1.54) is 7.11 Å². The summed E-state index contributed by atoms with van der Waals surface area (Å²) in [6, 6.07) is 5.92. The molecule has 0 aromatic heterocycles. The summed E-state index contributed by atoms with van der Waals surface area (Å²) in [6.45, 7) is 0. The van der Waals surface area contributed by atoms with Crippen molar-refractivity contribution in [3.8, 4) is 0 Å². The normalized spacial score (nSPS) is 11.6. The molecule has 0 heterocycles. The second kappa shape index (κ2) is 5.01. The molecule has 0 aliphatic heterocycles. The number of benzene rings is 1. The summed E-state index contributed by atoms with van der Waals surface area (Å²) >= 11 is 0. The summed E-state index contributed by atoms with van der Waals surface area (Å²) in [7, 11) is 1.27. The highest BCUT2D eigenvalue weighted by Gasteiger charge is 2.21. The van der Waals surface area contributed by atoms with Crippen LogP contribution in [0.25, 0.3) is 0 Å². The maximum Gasteiger partial charge on any atom is 0.333 e. The number of carbonyl (C=O) groups is 1. The van der Waals surface area contributed by atoms with Gasteiger partial charge in [0, 0.05) is 5.69 Å². The molecule has 6 nitrogen and oxygen atoms in total. The molecular weight excluding hydrogens is 208 g/mol. The monoisotopic (exact) mass is 222 g/mol. The first-order valence-corrected chi connectivity index (χ1v) is 4.58. The van der Waals surface area contributed by atoms with Gasteiger partial charge in [0.05, 0.1) is 7.11 Å². The molecule has 1 atom stereocenters. The molecule has 0 spiro atoms. The summed E-state index contributed by atoms with van der Waals surface area (Å²) in [4.78, 5) is 11.5. The van der Waals surface area contributed by atoms with Crippen LogP contribution in [0.3, 0.4) is 0 Å². The minimum Gasteiger partial charge on any atom is -0.467 e. The highest BCUT2D eigenvalue weighted by atomic mass is 16.5. The Labute approximate surface area is 93.1 Å². The molecule has 1 aromatic rings. The van der Waals surface area contributed by atoms with Crippen LogP contribution in [0.15, 0.2) is 24.3 Å². The van der Waals surface area contributed by atoms with E-state index in [9.17, 15) is 4.79 Å².